The van der Waals surface area contributed by atoms with Gasteiger partial charge in [-0.1, -0.05) is 54.1 Å². The molecule has 1 atom stereocenters. The summed E-state index contributed by atoms with van der Waals surface area (Å²) in [7, 11) is 3.26. The highest BCUT2D eigenvalue weighted by atomic mass is 16.2. The molecule has 2 aromatic carbocycles. The van der Waals surface area contributed by atoms with E-state index in [1.807, 2.05) is 0 Å². The lowest BCUT2D eigenvalue weighted by molar-refractivity contribution is 0.249. The number of hydrogen-bond donors (Lipinski definition) is 1. The second-order valence-corrected chi connectivity index (χ2v) is 5.99. The highest BCUT2D eigenvalue weighted by Crippen LogP contribution is 2.30. The van der Waals surface area contributed by atoms with E-state index < -0.39 is 0 Å². The Morgan fingerprint density at radius 1 is 1.05 bits per heavy atom. The van der Waals surface area contributed by atoms with Crippen LogP contribution in [0.25, 0.3) is 0 Å². The molecule has 0 spiro atoms. The zero-order chi connectivity index (χ0) is 15.9. The van der Waals surface area contributed by atoms with Gasteiger partial charge in [0.25, 0.3) is 0 Å². The molecule has 1 aliphatic rings. The van der Waals surface area contributed by atoms with Crippen molar-refractivity contribution in [2.75, 3.05) is 20.7 Å². The van der Waals surface area contributed by atoms with Crippen LogP contribution in [0.1, 0.15) is 34.7 Å². The van der Waals surface area contributed by atoms with Gasteiger partial charge < -0.3 is 5.11 Å². The van der Waals surface area contributed by atoms with Crippen LogP contribution in [0.3, 0.4) is 0 Å². The highest BCUT2D eigenvalue weighted by molar-refractivity contribution is 5.33. The molecule has 0 saturated carbocycles. The maximum atomic E-state index is 7.00. The van der Waals surface area contributed by atoms with E-state index in [1.165, 1.54) is 41.6 Å². The van der Waals surface area contributed by atoms with Crippen molar-refractivity contribution in [2.24, 2.45) is 0 Å². The Kier molecular flexibility index (Phi) is 6.17. The molecular formula is C20H27NO. The molecule has 22 heavy (non-hydrogen) atoms. The number of benzene rings is 2. The molecule has 0 aliphatic carbocycles. The summed E-state index contributed by atoms with van der Waals surface area (Å²) in [6.45, 7) is 3.34. The van der Waals surface area contributed by atoms with Gasteiger partial charge in [0.1, 0.15) is 0 Å². The van der Waals surface area contributed by atoms with E-state index >= 15 is 0 Å². The van der Waals surface area contributed by atoms with Crippen molar-refractivity contribution in [3.63, 3.8) is 0 Å². The second kappa shape index (κ2) is 8.11. The molecule has 118 valence electrons. The molecule has 1 unspecified atom stereocenters. The van der Waals surface area contributed by atoms with E-state index in [0.29, 0.717) is 6.04 Å². The molecule has 2 aromatic rings. The van der Waals surface area contributed by atoms with Crippen LogP contribution in [0, 0.1) is 6.92 Å². The van der Waals surface area contributed by atoms with E-state index in [-0.39, 0.29) is 0 Å². The van der Waals surface area contributed by atoms with Gasteiger partial charge in [0, 0.05) is 13.2 Å². The summed E-state index contributed by atoms with van der Waals surface area (Å²) in [5.74, 6) is 0. The normalized spacial score (nSPS) is 17.9. The van der Waals surface area contributed by atoms with Crippen LogP contribution in [0.4, 0.5) is 0 Å². The van der Waals surface area contributed by atoms with Crippen molar-refractivity contribution in [3.05, 3.63) is 70.8 Å². The molecule has 1 heterocycles. The maximum Gasteiger partial charge on any atom is 0.0388 e. The van der Waals surface area contributed by atoms with Gasteiger partial charge in [0.05, 0.1) is 0 Å². The van der Waals surface area contributed by atoms with Crippen molar-refractivity contribution < 1.29 is 5.11 Å². The molecule has 2 heteroatoms. The topological polar surface area (TPSA) is 23.5 Å². The van der Waals surface area contributed by atoms with Gasteiger partial charge in [-0.05, 0) is 56.5 Å². The van der Waals surface area contributed by atoms with Gasteiger partial charge in [0.15, 0.2) is 0 Å². The quantitative estimate of drug-likeness (QED) is 0.912. The summed E-state index contributed by atoms with van der Waals surface area (Å²) >= 11 is 0. The van der Waals surface area contributed by atoms with Crippen LogP contribution in [0.15, 0.2) is 48.5 Å². The third-order valence-corrected chi connectivity index (χ3v) is 4.45. The van der Waals surface area contributed by atoms with Gasteiger partial charge in [-0.15, -0.1) is 0 Å². The maximum absolute atomic E-state index is 7.00. The molecule has 0 saturated heterocycles. The Hall–Kier alpha value is -1.64. The fourth-order valence-electron chi connectivity index (χ4n) is 3.21. The third kappa shape index (κ3) is 3.96. The van der Waals surface area contributed by atoms with Gasteiger partial charge in [-0.3, -0.25) is 4.90 Å². The largest absolute Gasteiger partial charge is 0.400 e. The van der Waals surface area contributed by atoms with Crippen LogP contribution >= 0.6 is 0 Å². The number of aliphatic hydroxyl groups is 1. The van der Waals surface area contributed by atoms with Crippen molar-refractivity contribution in [1.29, 1.82) is 0 Å². The lowest BCUT2D eigenvalue weighted by Crippen LogP contribution is -2.26. The molecule has 0 amide bonds. The molecule has 2 nitrogen and oxygen atoms in total. The average molecular weight is 297 g/mol. The first-order valence-corrected chi connectivity index (χ1v) is 8.02. The van der Waals surface area contributed by atoms with Crippen LogP contribution in [0.2, 0.25) is 0 Å². The SMILES string of the molecule is CO.Cc1ccc(CC2c3ccccc3CCCN2C)cc1. The molecule has 0 bridgehead atoms. The first kappa shape index (κ1) is 16.7. The standard InChI is InChI=1S/C19H23N.CH4O/c1-15-9-11-16(12-10-15)14-19-18-8-4-3-6-17(18)7-5-13-20(19)2;1-2/h3-4,6,8-12,19H,5,7,13-14H2,1-2H3;2H,1H3. The van der Waals surface area contributed by atoms with Crippen LogP contribution in [0.5, 0.6) is 0 Å². The first-order chi connectivity index (χ1) is 10.7. The highest BCUT2D eigenvalue weighted by Gasteiger charge is 2.22. The van der Waals surface area contributed by atoms with E-state index in [0.717, 1.165) is 13.5 Å². The molecule has 3 rings (SSSR count). The number of hydrogen-bond acceptors (Lipinski definition) is 2. The Bertz CT molecular complexity index is 577. The third-order valence-electron chi connectivity index (χ3n) is 4.45. The summed E-state index contributed by atoms with van der Waals surface area (Å²) in [6, 6.07) is 18.5. The van der Waals surface area contributed by atoms with E-state index in [1.54, 1.807) is 0 Å². The van der Waals surface area contributed by atoms with Gasteiger partial charge in [0.2, 0.25) is 0 Å². The minimum Gasteiger partial charge on any atom is -0.400 e. The van der Waals surface area contributed by atoms with E-state index in [4.69, 9.17) is 5.11 Å². The second-order valence-electron chi connectivity index (χ2n) is 5.99. The van der Waals surface area contributed by atoms with Crippen molar-refractivity contribution >= 4 is 0 Å². The molecular weight excluding hydrogens is 270 g/mol. The number of likely N-dealkylation sites (N-methyl/N-ethyl adjacent to an activating group) is 1. The fourth-order valence-corrected chi connectivity index (χ4v) is 3.21. The van der Waals surface area contributed by atoms with Gasteiger partial charge in [-0.25, -0.2) is 0 Å². The summed E-state index contributed by atoms with van der Waals surface area (Å²) in [4.78, 5) is 2.52. The summed E-state index contributed by atoms with van der Waals surface area (Å²) in [6.07, 6.45) is 3.58. The zero-order valence-corrected chi connectivity index (χ0v) is 13.9. The average Bonchev–Trinajstić information content (AvgIpc) is 2.71. The van der Waals surface area contributed by atoms with E-state index in [2.05, 4.69) is 67.4 Å². The van der Waals surface area contributed by atoms with Crippen LogP contribution in [-0.2, 0) is 12.8 Å². The summed E-state index contributed by atoms with van der Waals surface area (Å²) < 4.78 is 0. The Morgan fingerprint density at radius 2 is 1.73 bits per heavy atom. The van der Waals surface area contributed by atoms with Crippen LogP contribution in [-0.4, -0.2) is 30.7 Å². The number of aliphatic hydroxyl groups excluding tert-OH is 1. The summed E-state index contributed by atoms with van der Waals surface area (Å²) in [5.41, 5.74) is 5.83. The predicted molar refractivity (Wildman–Crippen MR) is 93.2 cm³/mol. The number of rotatable bonds is 2. The minimum absolute atomic E-state index is 0.511. The first-order valence-electron chi connectivity index (χ1n) is 8.02. The molecule has 0 aromatic heterocycles. The minimum atomic E-state index is 0.511. The number of nitrogens with zero attached hydrogens (tertiary/aromatic N) is 1. The van der Waals surface area contributed by atoms with Gasteiger partial charge in [-0.2, -0.15) is 0 Å². The molecule has 1 N–H and O–H groups in total. The number of aryl methyl sites for hydroxylation is 2. The smallest absolute Gasteiger partial charge is 0.0388 e. The Morgan fingerprint density at radius 3 is 2.45 bits per heavy atom. The molecule has 0 radical (unpaired) electrons. The van der Waals surface area contributed by atoms with Crippen molar-refractivity contribution in [3.8, 4) is 0 Å². The number of fused-ring (bicyclic) bond motifs is 1. The predicted octanol–water partition coefficient (Wildman–Crippen LogP) is 3.77. The Balaban J connectivity index is 0.000000847. The lowest BCUT2D eigenvalue weighted by Gasteiger charge is -2.27. The van der Waals surface area contributed by atoms with Crippen molar-refractivity contribution in [2.45, 2.75) is 32.2 Å². The monoisotopic (exact) mass is 297 g/mol. The molecule has 0 fully saturated rings. The fraction of sp³-hybridized carbons (Fsp3) is 0.400. The van der Waals surface area contributed by atoms with Crippen molar-refractivity contribution in [1.82, 2.24) is 4.90 Å². The van der Waals surface area contributed by atoms with Crippen LogP contribution < -0.4 is 0 Å². The molecule has 1 aliphatic heterocycles. The Labute approximate surface area is 134 Å². The lowest BCUT2D eigenvalue weighted by atomic mass is 9.93. The van der Waals surface area contributed by atoms with Gasteiger partial charge >= 0.3 is 0 Å². The van der Waals surface area contributed by atoms with E-state index in [9.17, 15) is 0 Å². The summed E-state index contributed by atoms with van der Waals surface area (Å²) in [5, 5.41) is 7.00. The zero-order valence-electron chi connectivity index (χ0n) is 13.9.